The Balaban J connectivity index is 0.00000176. The third kappa shape index (κ3) is 3.78. The minimum Gasteiger partial charge on any atom is -0.316 e. The quantitative estimate of drug-likeness (QED) is 0.806. The van der Waals surface area contributed by atoms with Crippen LogP contribution in [0.25, 0.3) is 0 Å². The molecule has 1 spiro atoms. The summed E-state index contributed by atoms with van der Waals surface area (Å²) in [5, 5.41) is 3.37. The number of nitrogens with zero attached hydrogens (tertiary/aromatic N) is 1. The molecule has 7 heteroatoms. The summed E-state index contributed by atoms with van der Waals surface area (Å²) in [7, 11) is 0. The molecule has 1 N–H and O–H groups in total. The fourth-order valence-electron chi connectivity index (χ4n) is 3.50. The second-order valence-corrected chi connectivity index (χ2v) is 7.10. The van der Waals surface area contributed by atoms with E-state index in [-0.39, 0.29) is 17.8 Å². The zero-order chi connectivity index (χ0) is 15.1. The Morgan fingerprint density at radius 1 is 1.27 bits per heavy atom. The van der Waals surface area contributed by atoms with Crippen LogP contribution >= 0.6 is 28.3 Å². The van der Waals surface area contributed by atoms with Crippen LogP contribution in [0.2, 0.25) is 0 Å². The Morgan fingerprint density at radius 3 is 2.68 bits per heavy atom. The lowest BCUT2D eigenvalue weighted by molar-refractivity contribution is -0.138. The van der Waals surface area contributed by atoms with E-state index in [2.05, 4.69) is 26.1 Å². The van der Waals surface area contributed by atoms with Crippen molar-refractivity contribution in [1.29, 1.82) is 0 Å². The van der Waals surface area contributed by atoms with Crippen molar-refractivity contribution in [3.05, 3.63) is 33.8 Å². The zero-order valence-electron chi connectivity index (χ0n) is 12.0. The summed E-state index contributed by atoms with van der Waals surface area (Å²) < 4.78 is 39.9. The molecule has 0 saturated carbocycles. The molecule has 2 saturated heterocycles. The monoisotopic (exact) mass is 398 g/mol. The highest BCUT2D eigenvalue weighted by atomic mass is 79.9. The van der Waals surface area contributed by atoms with Crippen molar-refractivity contribution in [1.82, 2.24) is 10.2 Å². The molecular formula is C15H19BrClF3N2. The van der Waals surface area contributed by atoms with Crippen LogP contribution in [-0.4, -0.2) is 31.1 Å². The summed E-state index contributed by atoms with van der Waals surface area (Å²) in [4.78, 5) is 2.16. The summed E-state index contributed by atoms with van der Waals surface area (Å²) in [6.45, 7) is 4.18. The van der Waals surface area contributed by atoms with Gasteiger partial charge in [-0.2, -0.15) is 13.2 Å². The molecule has 0 bridgehead atoms. The van der Waals surface area contributed by atoms with Gasteiger partial charge in [0, 0.05) is 24.1 Å². The predicted molar refractivity (Wildman–Crippen MR) is 86.2 cm³/mol. The first-order valence-corrected chi connectivity index (χ1v) is 7.96. The van der Waals surface area contributed by atoms with Gasteiger partial charge >= 0.3 is 6.18 Å². The highest BCUT2D eigenvalue weighted by molar-refractivity contribution is 9.10. The van der Waals surface area contributed by atoms with E-state index in [1.165, 1.54) is 6.07 Å². The van der Waals surface area contributed by atoms with Gasteiger partial charge in [-0.1, -0.05) is 22.0 Å². The molecule has 1 atom stereocenters. The molecular weight excluding hydrogens is 381 g/mol. The molecule has 0 radical (unpaired) electrons. The van der Waals surface area contributed by atoms with E-state index in [0.717, 1.165) is 39.0 Å². The van der Waals surface area contributed by atoms with Crippen LogP contribution in [0.4, 0.5) is 13.2 Å². The lowest BCUT2D eigenvalue weighted by atomic mass is 9.86. The molecule has 2 heterocycles. The molecule has 2 aliphatic heterocycles. The molecule has 0 aromatic heterocycles. The van der Waals surface area contributed by atoms with Gasteiger partial charge in [-0.15, -0.1) is 12.4 Å². The summed E-state index contributed by atoms with van der Waals surface area (Å²) >= 11 is 3.13. The molecule has 0 amide bonds. The zero-order valence-corrected chi connectivity index (χ0v) is 14.5. The van der Waals surface area contributed by atoms with Crippen LogP contribution in [0.5, 0.6) is 0 Å². The van der Waals surface area contributed by atoms with Crippen LogP contribution < -0.4 is 5.32 Å². The molecule has 2 fully saturated rings. The topological polar surface area (TPSA) is 15.3 Å². The van der Waals surface area contributed by atoms with Gasteiger partial charge in [0.25, 0.3) is 0 Å². The molecule has 0 aliphatic carbocycles. The Kier molecular flexibility index (Phi) is 5.47. The van der Waals surface area contributed by atoms with E-state index < -0.39 is 11.7 Å². The van der Waals surface area contributed by atoms with Gasteiger partial charge in [-0.25, -0.2) is 0 Å². The number of hydrogen-bond acceptors (Lipinski definition) is 2. The Hall–Kier alpha value is -0.300. The van der Waals surface area contributed by atoms with Gasteiger partial charge in [0.2, 0.25) is 0 Å². The van der Waals surface area contributed by atoms with Crippen molar-refractivity contribution in [2.45, 2.75) is 25.6 Å². The molecule has 3 rings (SSSR count). The third-order valence-corrected chi connectivity index (χ3v) is 5.11. The number of alkyl halides is 3. The Labute approximate surface area is 143 Å². The molecule has 1 aromatic carbocycles. The van der Waals surface area contributed by atoms with Gasteiger partial charge < -0.3 is 5.32 Å². The van der Waals surface area contributed by atoms with Crippen molar-refractivity contribution in [3.8, 4) is 0 Å². The van der Waals surface area contributed by atoms with E-state index in [9.17, 15) is 13.2 Å². The lowest BCUT2D eigenvalue weighted by Gasteiger charge is -2.24. The van der Waals surface area contributed by atoms with Gasteiger partial charge in [0.15, 0.2) is 0 Å². The van der Waals surface area contributed by atoms with Crippen LogP contribution in [0.3, 0.4) is 0 Å². The fraction of sp³-hybridized carbons (Fsp3) is 0.600. The van der Waals surface area contributed by atoms with E-state index in [1.54, 1.807) is 12.1 Å². The summed E-state index contributed by atoms with van der Waals surface area (Å²) in [5.74, 6) is 0. The van der Waals surface area contributed by atoms with E-state index in [1.807, 2.05) is 0 Å². The number of rotatable bonds is 2. The van der Waals surface area contributed by atoms with Crippen LogP contribution in [0.1, 0.15) is 24.0 Å². The predicted octanol–water partition coefficient (Wildman–Crippen LogP) is 4.08. The molecule has 2 aliphatic rings. The first kappa shape index (κ1) is 18.0. The van der Waals surface area contributed by atoms with Crippen molar-refractivity contribution in [3.63, 3.8) is 0 Å². The molecule has 1 aromatic rings. The van der Waals surface area contributed by atoms with Crippen molar-refractivity contribution < 1.29 is 13.2 Å². The van der Waals surface area contributed by atoms with E-state index >= 15 is 0 Å². The summed E-state index contributed by atoms with van der Waals surface area (Å²) in [6, 6.07) is 4.45. The Bertz CT molecular complexity index is 530. The number of nitrogens with one attached hydrogen (secondary N) is 1. The number of halogens is 5. The molecule has 22 heavy (non-hydrogen) atoms. The fourth-order valence-corrected chi connectivity index (χ4v) is 3.86. The summed E-state index contributed by atoms with van der Waals surface area (Å²) in [6.07, 6.45) is -2.08. The standard InChI is InChI=1S/C15H18BrF3N2.ClH/c16-12-2-1-11(13(7-12)15(17,18)19)8-21-6-4-14(10-21)3-5-20-9-14;/h1-2,7,20H,3-6,8-10H2;1H. The Morgan fingerprint density at radius 2 is 2.05 bits per heavy atom. The maximum absolute atomic E-state index is 13.1. The van der Waals surface area contributed by atoms with Crippen molar-refractivity contribution >= 4 is 28.3 Å². The van der Waals surface area contributed by atoms with E-state index in [4.69, 9.17) is 0 Å². The molecule has 1 unspecified atom stereocenters. The highest BCUT2D eigenvalue weighted by Gasteiger charge is 2.41. The van der Waals surface area contributed by atoms with Crippen LogP contribution in [-0.2, 0) is 12.7 Å². The normalized spacial score (nSPS) is 25.6. The van der Waals surface area contributed by atoms with Gasteiger partial charge in [-0.05, 0) is 49.0 Å². The van der Waals surface area contributed by atoms with Crippen LogP contribution in [0.15, 0.2) is 22.7 Å². The average Bonchev–Trinajstić information content (AvgIpc) is 3.02. The third-order valence-electron chi connectivity index (χ3n) is 4.62. The second kappa shape index (κ2) is 6.67. The molecule has 124 valence electrons. The smallest absolute Gasteiger partial charge is 0.316 e. The average molecular weight is 400 g/mol. The van der Waals surface area contributed by atoms with Crippen molar-refractivity contribution in [2.24, 2.45) is 5.41 Å². The number of hydrogen-bond donors (Lipinski definition) is 1. The molecule has 2 nitrogen and oxygen atoms in total. The van der Waals surface area contributed by atoms with Crippen LogP contribution in [0, 0.1) is 5.41 Å². The first-order valence-electron chi connectivity index (χ1n) is 7.17. The number of likely N-dealkylation sites (tertiary alicyclic amines) is 1. The largest absolute Gasteiger partial charge is 0.416 e. The maximum Gasteiger partial charge on any atom is 0.416 e. The lowest BCUT2D eigenvalue weighted by Crippen LogP contribution is -2.29. The first-order chi connectivity index (χ1) is 9.88. The summed E-state index contributed by atoms with van der Waals surface area (Å²) in [5.41, 5.74) is 0.129. The van der Waals surface area contributed by atoms with E-state index in [0.29, 0.717) is 16.6 Å². The van der Waals surface area contributed by atoms with Gasteiger partial charge in [-0.3, -0.25) is 4.90 Å². The second-order valence-electron chi connectivity index (χ2n) is 6.19. The van der Waals surface area contributed by atoms with Gasteiger partial charge in [0.05, 0.1) is 5.56 Å². The minimum atomic E-state index is -4.30. The minimum absolute atomic E-state index is 0. The van der Waals surface area contributed by atoms with Gasteiger partial charge in [0.1, 0.15) is 0 Å². The maximum atomic E-state index is 13.1. The van der Waals surface area contributed by atoms with Crippen molar-refractivity contribution in [2.75, 3.05) is 26.2 Å². The SMILES string of the molecule is Cl.FC(F)(F)c1cc(Br)ccc1CN1CCC2(CCNC2)C1. The highest BCUT2D eigenvalue weighted by Crippen LogP contribution is 2.38. The number of benzene rings is 1.